The molecule has 0 unspecified atom stereocenters. The van der Waals surface area contributed by atoms with Crippen LogP contribution in [0.15, 0.2) is 70.1 Å². The molecular weight excluding hydrogens is 345 g/mol. The molecule has 0 aliphatic carbocycles. The zero-order valence-corrected chi connectivity index (χ0v) is 15.3. The van der Waals surface area contributed by atoms with Crippen LogP contribution < -0.4 is 5.43 Å². The fourth-order valence-corrected chi connectivity index (χ4v) is 3.53. The molecule has 0 saturated carbocycles. The van der Waals surface area contributed by atoms with Gasteiger partial charge in [-0.05, 0) is 59.3 Å². The van der Waals surface area contributed by atoms with Crippen molar-refractivity contribution >= 4 is 28.6 Å². The molecule has 26 heavy (non-hydrogen) atoms. The zero-order valence-electron chi connectivity index (χ0n) is 14.5. The van der Waals surface area contributed by atoms with Gasteiger partial charge in [0.15, 0.2) is 5.84 Å². The minimum absolute atomic E-state index is 0.261. The van der Waals surface area contributed by atoms with Crippen molar-refractivity contribution in [1.29, 1.82) is 0 Å². The van der Waals surface area contributed by atoms with Gasteiger partial charge in [0.25, 0.3) is 0 Å². The Bertz CT molecular complexity index is 987. The lowest BCUT2D eigenvalue weighted by Gasteiger charge is -2.12. The predicted molar refractivity (Wildman–Crippen MR) is 106 cm³/mol. The van der Waals surface area contributed by atoms with Crippen LogP contribution in [0.25, 0.3) is 0 Å². The number of hydrazone groups is 1. The van der Waals surface area contributed by atoms with Gasteiger partial charge in [-0.2, -0.15) is 5.10 Å². The first kappa shape index (κ1) is 16.7. The van der Waals surface area contributed by atoms with E-state index in [2.05, 4.69) is 36.5 Å². The van der Waals surface area contributed by atoms with Gasteiger partial charge >= 0.3 is 0 Å². The number of amidine groups is 1. The first-order chi connectivity index (χ1) is 12.6. The number of fused-ring (bicyclic) bond motifs is 1. The van der Waals surface area contributed by atoms with E-state index >= 15 is 0 Å². The minimum atomic E-state index is -0.261. The van der Waals surface area contributed by atoms with Crippen LogP contribution >= 0.6 is 11.3 Å². The smallest absolute Gasteiger partial charge is 0.164 e. The van der Waals surface area contributed by atoms with Crippen molar-refractivity contribution in [3.63, 3.8) is 0 Å². The maximum Gasteiger partial charge on any atom is 0.164 e. The summed E-state index contributed by atoms with van der Waals surface area (Å²) in [5.74, 6) is 0.852. The standard InChI is InChI=1S/C21H18FN3S/c1-13(2)15-7-10-18-17(12-15)20(14-5-8-16(22)9-6-14)24-25-21(23-18)19-4-3-11-26-19/h3-13H,1-2H3,(H,23,25). The van der Waals surface area contributed by atoms with Gasteiger partial charge in [0.2, 0.25) is 0 Å². The molecule has 3 aromatic rings. The third-order valence-corrected chi connectivity index (χ3v) is 5.20. The monoisotopic (exact) mass is 363 g/mol. The number of thiophene rings is 1. The van der Waals surface area contributed by atoms with Gasteiger partial charge < -0.3 is 0 Å². The summed E-state index contributed by atoms with van der Waals surface area (Å²) in [5, 5.41) is 6.63. The fourth-order valence-electron chi connectivity index (χ4n) is 2.87. The molecule has 0 saturated heterocycles. The summed E-state index contributed by atoms with van der Waals surface area (Å²) in [5.41, 5.74) is 7.72. The van der Waals surface area contributed by atoms with E-state index in [9.17, 15) is 4.39 Å². The van der Waals surface area contributed by atoms with Crippen molar-refractivity contribution in [3.05, 3.63) is 87.4 Å². The molecule has 1 N–H and O–H groups in total. The average Bonchev–Trinajstić information content (AvgIpc) is 3.10. The minimum Gasteiger partial charge on any atom is -0.260 e. The molecule has 3 nitrogen and oxygen atoms in total. The third-order valence-electron chi connectivity index (χ3n) is 4.32. The van der Waals surface area contributed by atoms with Gasteiger partial charge in [-0.15, -0.1) is 11.3 Å². The van der Waals surface area contributed by atoms with Gasteiger partial charge in [0.1, 0.15) is 5.82 Å². The first-order valence-electron chi connectivity index (χ1n) is 8.48. The van der Waals surface area contributed by atoms with Crippen molar-refractivity contribution < 1.29 is 4.39 Å². The van der Waals surface area contributed by atoms with Crippen molar-refractivity contribution in [3.8, 4) is 0 Å². The summed E-state index contributed by atoms with van der Waals surface area (Å²) in [7, 11) is 0. The van der Waals surface area contributed by atoms with Gasteiger partial charge in [0.05, 0.1) is 16.3 Å². The molecule has 5 heteroatoms. The van der Waals surface area contributed by atoms with Crippen LogP contribution in [0.3, 0.4) is 0 Å². The Labute approximate surface area is 155 Å². The number of nitrogens with zero attached hydrogens (tertiary/aromatic N) is 2. The van der Waals surface area contributed by atoms with E-state index in [1.54, 1.807) is 23.5 Å². The van der Waals surface area contributed by atoms with Crippen LogP contribution in [0, 0.1) is 5.82 Å². The summed E-state index contributed by atoms with van der Waals surface area (Å²) in [6.45, 7) is 4.32. The van der Waals surface area contributed by atoms with E-state index in [4.69, 9.17) is 4.99 Å². The van der Waals surface area contributed by atoms with E-state index in [1.807, 2.05) is 23.6 Å². The van der Waals surface area contributed by atoms with Crippen LogP contribution in [0.2, 0.25) is 0 Å². The average molecular weight is 363 g/mol. The highest BCUT2D eigenvalue weighted by Gasteiger charge is 2.18. The maximum absolute atomic E-state index is 13.4. The molecule has 1 aliphatic rings. The lowest BCUT2D eigenvalue weighted by Crippen LogP contribution is -2.18. The molecule has 0 fully saturated rings. The van der Waals surface area contributed by atoms with Gasteiger partial charge in [-0.1, -0.05) is 26.0 Å². The fraction of sp³-hybridized carbons (Fsp3) is 0.143. The first-order valence-corrected chi connectivity index (χ1v) is 9.36. The van der Waals surface area contributed by atoms with E-state index in [0.717, 1.165) is 33.2 Å². The number of nitrogens with one attached hydrogen (secondary N) is 1. The molecule has 0 atom stereocenters. The zero-order chi connectivity index (χ0) is 18.1. The lowest BCUT2D eigenvalue weighted by atomic mass is 9.95. The third kappa shape index (κ3) is 3.18. The molecule has 0 radical (unpaired) electrons. The Kier molecular flexibility index (Phi) is 4.39. The number of halogens is 1. The Morgan fingerprint density at radius 1 is 1.04 bits per heavy atom. The number of rotatable bonds is 3. The number of hydrogen-bond acceptors (Lipinski definition) is 4. The summed E-state index contributed by atoms with van der Waals surface area (Å²) in [6.07, 6.45) is 0. The quantitative estimate of drug-likeness (QED) is 0.660. The highest BCUT2D eigenvalue weighted by Crippen LogP contribution is 2.29. The van der Waals surface area contributed by atoms with E-state index in [1.165, 1.54) is 17.7 Å². The summed E-state index contributed by atoms with van der Waals surface area (Å²) in [6, 6.07) is 16.7. The number of hydrogen-bond donors (Lipinski definition) is 1. The second kappa shape index (κ2) is 6.84. The number of aliphatic imine (C=N–C) groups is 1. The van der Waals surface area contributed by atoms with Crippen LogP contribution in [0.1, 0.15) is 41.3 Å². The van der Waals surface area contributed by atoms with Gasteiger partial charge in [-0.3, -0.25) is 5.43 Å². The highest BCUT2D eigenvalue weighted by molar-refractivity contribution is 7.12. The second-order valence-corrected chi connectivity index (χ2v) is 7.40. The highest BCUT2D eigenvalue weighted by atomic mass is 32.1. The topological polar surface area (TPSA) is 36.8 Å². The molecule has 1 aromatic heterocycles. The molecule has 4 rings (SSSR count). The number of benzene rings is 2. The maximum atomic E-state index is 13.4. The van der Waals surface area contributed by atoms with E-state index in [-0.39, 0.29) is 5.82 Å². The van der Waals surface area contributed by atoms with Crippen LogP contribution in [-0.4, -0.2) is 11.5 Å². The van der Waals surface area contributed by atoms with Gasteiger partial charge in [-0.25, -0.2) is 9.38 Å². The molecule has 130 valence electrons. The molecular formula is C21H18FN3S. The Morgan fingerprint density at radius 2 is 1.85 bits per heavy atom. The van der Waals surface area contributed by atoms with Crippen LogP contribution in [-0.2, 0) is 0 Å². The van der Waals surface area contributed by atoms with Crippen molar-refractivity contribution in [1.82, 2.24) is 5.43 Å². The molecule has 2 heterocycles. The van der Waals surface area contributed by atoms with Gasteiger partial charge in [0, 0.05) is 11.1 Å². The molecule has 2 aromatic carbocycles. The van der Waals surface area contributed by atoms with Crippen LogP contribution in [0.5, 0.6) is 0 Å². The molecule has 1 aliphatic heterocycles. The van der Waals surface area contributed by atoms with Crippen molar-refractivity contribution in [2.75, 3.05) is 0 Å². The molecule has 0 spiro atoms. The normalized spacial score (nSPS) is 13.5. The van der Waals surface area contributed by atoms with Crippen molar-refractivity contribution in [2.45, 2.75) is 19.8 Å². The molecule has 0 amide bonds. The lowest BCUT2D eigenvalue weighted by molar-refractivity contribution is 0.628. The SMILES string of the molecule is CC(C)c1ccc2c(c1)C(c1ccc(F)cc1)=NNC(c1cccs1)=N2. The second-order valence-electron chi connectivity index (χ2n) is 6.45. The largest absolute Gasteiger partial charge is 0.260 e. The summed E-state index contributed by atoms with van der Waals surface area (Å²) in [4.78, 5) is 5.82. The Hall–Kier alpha value is -2.79. The summed E-state index contributed by atoms with van der Waals surface area (Å²) >= 11 is 1.61. The summed E-state index contributed by atoms with van der Waals surface area (Å²) < 4.78 is 13.4. The van der Waals surface area contributed by atoms with E-state index < -0.39 is 0 Å². The predicted octanol–water partition coefficient (Wildman–Crippen LogP) is 5.44. The molecule has 0 bridgehead atoms. The van der Waals surface area contributed by atoms with Crippen molar-refractivity contribution in [2.24, 2.45) is 10.1 Å². The van der Waals surface area contributed by atoms with E-state index in [0.29, 0.717) is 5.92 Å². The Balaban J connectivity index is 1.89. The van der Waals surface area contributed by atoms with Crippen LogP contribution in [0.4, 0.5) is 10.1 Å². The Morgan fingerprint density at radius 3 is 2.54 bits per heavy atom.